The van der Waals surface area contributed by atoms with Crippen molar-refractivity contribution in [1.82, 2.24) is 4.90 Å². The molecule has 0 spiro atoms. The molecule has 0 aromatic heterocycles. The van der Waals surface area contributed by atoms with E-state index in [2.05, 4.69) is 29.0 Å². The van der Waals surface area contributed by atoms with Crippen LogP contribution in [0.25, 0.3) is 0 Å². The third-order valence-electron chi connectivity index (χ3n) is 5.43. The Morgan fingerprint density at radius 1 is 0.966 bits per heavy atom. The van der Waals surface area contributed by atoms with E-state index < -0.39 is 0 Å². The van der Waals surface area contributed by atoms with E-state index in [1.807, 2.05) is 53.4 Å². The quantitative estimate of drug-likeness (QED) is 0.750. The minimum Gasteiger partial charge on any atom is -0.372 e. The molecule has 3 rings (SSSR count). The number of hydrogen-bond donors (Lipinski definition) is 1. The highest BCUT2D eigenvalue weighted by atomic mass is 16.2. The molecule has 2 amide bonds. The molecule has 0 radical (unpaired) electrons. The van der Waals surface area contributed by atoms with Gasteiger partial charge < -0.3 is 20.0 Å². The van der Waals surface area contributed by atoms with Crippen molar-refractivity contribution in [1.29, 1.82) is 0 Å². The Hall–Kier alpha value is -3.02. The predicted octanol–water partition coefficient (Wildman–Crippen LogP) is 4.09. The summed E-state index contributed by atoms with van der Waals surface area (Å²) in [7, 11) is 0. The first-order valence-corrected chi connectivity index (χ1v) is 10.3. The molecule has 2 aromatic rings. The topological polar surface area (TPSA) is 55.9 Å². The van der Waals surface area contributed by atoms with E-state index >= 15 is 0 Å². The monoisotopic (exact) mass is 394 g/mol. The van der Waals surface area contributed by atoms with Crippen LogP contribution in [0.4, 0.5) is 21.9 Å². The molecule has 6 heteroatoms. The van der Waals surface area contributed by atoms with Crippen LogP contribution in [0, 0.1) is 0 Å². The number of nitrogens with one attached hydrogen (secondary N) is 1. The summed E-state index contributed by atoms with van der Waals surface area (Å²) in [6.45, 7) is 10.6. The molecule has 6 nitrogen and oxygen atoms in total. The van der Waals surface area contributed by atoms with E-state index in [1.54, 1.807) is 6.92 Å². The van der Waals surface area contributed by atoms with Gasteiger partial charge in [0.15, 0.2) is 5.78 Å². The number of carbonyl (C=O) groups is 2. The number of carbonyl (C=O) groups excluding carboxylic acids is 2. The van der Waals surface area contributed by atoms with Crippen molar-refractivity contribution in [3.63, 3.8) is 0 Å². The van der Waals surface area contributed by atoms with Gasteiger partial charge in [0.2, 0.25) is 0 Å². The van der Waals surface area contributed by atoms with Crippen LogP contribution in [0.3, 0.4) is 0 Å². The van der Waals surface area contributed by atoms with E-state index in [9.17, 15) is 9.59 Å². The number of rotatable bonds is 6. The lowest BCUT2D eigenvalue weighted by molar-refractivity contribution is 0.101. The van der Waals surface area contributed by atoms with E-state index in [4.69, 9.17) is 0 Å². The lowest BCUT2D eigenvalue weighted by Crippen LogP contribution is -2.50. The van der Waals surface area contributed by atoms with Crippen LogP contribution in [-0.4, -0.2) is 56.0 Å². The number of urea groups is 1. The molecule has 0 saturated carbocycles. The van der Waals surface area contributed by atoms with Gasteiger partial charge in [-0.25, -0.2) is 4.79 Å². The summed E-state index contributed by atoms with van der Waals surface area (Å²) in [5.74, 6) is 0.0666. The van der Waals surface area contributed by atoms with Gasteiger partial charge in [0.05, 0.1) is 0 Å². The van der Waals surface area contributed by atoms with E-state index in [-0.39, 0.29) is 11.8 Å². The van der Waals surface area contributed by atoms with Gasteiger partial charge in [-0.05, 0) is 57.2 Å². The van der Waals surface area contributed by atoms with Crippen LogP contribution in [0.2, 0.25) is 0 Å². The van der Waals surface area contributed by atoms with Crippen molar-refractivity contribution >= 4 is 28.9 Å². The average molecular weight is 395 g/mol. The average Bonchev–Trinajstić information content (AvgIpc) is 2.76. The largest absolute Gasteiger partial charge is 0.372 e. The Kier molecular flexibility index (Phi) is 6.75. The fraction of sp³-hybridized carbons (Fsp3) is 0.391. The SMILES string of the molecule is CCN(CC)c1ccc(NC(=O)N2CCN(c3cccc(C(C)=O)c3)CC2)cc1. The van der Waals surface area contributed by atoms with Crippen molar-refractivity contribution in [3.8, 4) is 0 Å². The molecule has 1 heterocycles. The van der Waals surface area contributed by atoms with Crippen LogP contribution < -0.4 is 15.1 Å². The van der Waals surface area contributed by atoms with Crippen LogP contribution in [0.15, 0.2) is 48.5 Å². The first-order valence-electron chi connectivity index (χ1n) is 10.3. The Bertz CT molecular complexity index is 838. The Labute approximate surface area is 173 Å². The van der Waals surface area contributed by atoms with Gasteiger partial charge in [-0.1, -0.05) is 12.1 Å². The molecule has 29 heavy (non-hydrogen) atoms. The third kappa shape index (κ3) is 5.08. The van der Waals surface area contributed by atoms with Crippen molar-refractivity contribution in [2.75, 3.05) is 54.4 Å². The zero-order valence-electron chi connectivity index (χ0n) is 17.5. The number of amides is 2. The summed E-state index contributed by atoms with van der Waals surface area (Å²) in [5.41, 5.74) is 3.72. The molecule has 1 aliphatic heterocycles. The Morgan fingerprint density at radius 3 is 2.21 bits per heavy atom. The third-order valence-corrected chi connectivity index (χ3v) is 5.43. The summed E-state index contributed by atoms with van der Waals surface area (Å²) in [6.07, 6.45) is 0. The first kappa shape index (κ1) is 20.7. The molecule has 0 atom stereocenters. The molecule has 1 saturated heterocycles. The number of anilines is 3. The molecule has 0 aliphatic carbocycles. The number of hydrogen-bond acceptors (Lipinski definition) is 4. The van der Waals surface area contributed by atoms with Gasteiger partial charge >= 0.3 is 6.03 Å². The molecule has 1 N–H and O–H groups in total. The second kappa shape index (κ2) is 9.45. The van der Waals surface area contributed by atoms with Crippen molar-refractivity contribution < 1.29 is 9.59 Å². The molecule has 1 aliphatic rings. The molecule has 1 fully saturated rings. The molecule has 154 valence electrons. The van der Waals surface area contributed by atoms with E-state index in [1.165, 1.54) is 0 Å². The maximum atomic E-state index is 12.6. The van der Waals surface area contributed by atoms with Gasteiger partial charge in [-0.2, -0.15) is 0 Å². The molecule has 0 unspecified atom stereocenters. The molecule has 2 aromatic carbocycles. The Morgan fingerprint density at radius 2 is 1.62 bits per heavy atom. The van der Waals surface area contributed by atoms with Gasteiger partial charge in [0.25, 0.3) is 0 Å². The second-order valence-electron chi connectivity index (χ2n) is 7.23. The lowest BCUT2D eigenvalue weighted by atomic mass is 10.1. The van der Waals surface area contributed by atoms with E-state index in [0.717, 1.165) is 48.8 Å². The maximum absolute atomic E-state index is 12.6. The zero-order valence-corrected chi connectivity index (χ0v) is 17.5. The van der Waals surface area contributed by atoms with Crippen LogP contribution in [-0.2, 0) is 0 Å². The highest BCUT2D eigenvalue weighted by Gasteiger charge is 2.21. The Balaban J connectivity index is 1.55. The van der Waals surface area contributed by atoms with E-state index in [0.29, 0.717) is 13.1 Å². The fourth-order valence-corrected chi connectivity index (χ4v) is 3.64. The van der Waals surface area contributed by atoms with Crippen LogP contribution in [0.1, 0.15) is 31.1 Å². The minimum atomic E-state index is -0.0716. The normalized spacial score (nSPS) is 13.9. The van der Waals surface area contributed by atoms with Crippen molar-refractivity contribution in [3.05, 3.63) is 54.1 Å². The summed E-state index contributed by atoms with van der Waals surface area (Å²) < 4.78 is 0. The first-order chi connectivity index (χ1) is 14.0. The zero-order chi connectivity index (χ0) is 20.8. The lowest BCUT2D eigenvalue weighted by Gasteiger charge is -2.36. The standard InChI is InChI=1S/C23H30N4O2/c1-4-25(5-2)21-11-9-20(10-12-21)24-23(29)27-15-13-26(14-16-27)22-8-6-7-19(17-22)18(3)28/h6-12,17H,4-5,13-16H2,1-3H3,(H,24,29). The molecule has 0 bridgehead atoms. The minimum absolute atomic E-state index is 0.0666. The van der Waals surface area contributed by atoms with Crippen LogP contribution >= 0.6 is 0 Å². The number of piperazine rings is 1. The van der Waals surface area contributed by atoms with Gasteiger partial charge in [-0.15, -0.1) is 0 Å². The van der Waals surface area contributed by atoms with Crippen molar-refractivity contribution in [2.45, 2.75) is 20.8 Å². The van der Waals surface area contributed by atoms with Gasteiger partial charge in [0, 0.05) is 61.9 Å². The molecular weight excluding hydrogens is 364 g/mol. The predicted molar refractivity (Wildman–Crippen MR) is 119 cm³/mol. The number of ketones is 1. The van der Waals surface area contributed by atoms with Crippen molar-refractivity contribution in [2.24, 2.45) is 0 Å². The van der Waals surface area contributed by atoms with Gasteiger partial charge in [-0.3, -0.25) is 4.79 Å². The number of Topliss-reactive ketones (excluding diaryl/α,β-unsaturated/α-hetero) is 1. The highest BCUT2D eigenvalue weighted by Crippen LogP contribution is 2.20. The second-order valence-corrected chi connectivity index (χ2v) is 7.23. The summed E-state index contributed by atoms with van der Waals surface area (Å²) in [4.78, 5) is 30.6. The van der Waals surface area contributed by atoms with Crippen LogP contribution in [0.5, 0.6) is 0 Å². The molecular formula is C23H30N4O2. The maximum Gasteiger partial charge on any atom is 0.321 e. The van der Waals surface area contributed by atoms with Gasteiger partial charge in [0.1, 0.15) is 0 Å². The summed E-state index contributed by atoms with van der Waals surface area (Å²) in [6, 6.07) is 15.6. The summed E-state index contributed by atoms with van der Waals surface area (Å²) >= 11 is 0. The fourth-order valence-electron chi connectivity index (χ4n) is 3.64. The summed E-state index contributed by atoms with van der Waals surface area (Å²) in [5, 5.41) is 3.00. The smallest absolute Gasteiger partial charge is 0.321 e. The highest BCUT2D eigenvalue weighted by molar-refractivity contribution is 5.95. The number of nitrogens with zero attached hydrogens (tertiary/aromatic N) is 3. The number of benzene rings is 2.